The number of nitrogens with one attached hydrogen (secondary N) is 1. The molecule has 1 N–H and O–H groups in total. The molecule has 0 aromatic heterocycles. The average Bonchev–Trinajstić information content (AvgIpc) is 2.55. The summed E-state index contributed by atoms with van der Waals surface area (Å²) in [5.74, 6) is 0.471. The summed E-state index contributed by atoms with van der Waals surface area (Å²) < 4.78 is 0. The van der Waals surface area contributed by atoms with Gasteiger partial charge in [-0.3, -0.25) is 14.9 Å². The van der Waals surface area contributed by atoms with Crippen molar-refractivity contribution in [2.45, 2.75) is 11.3 Å². The third-order valence-electron chi connectivity index (χ3n) is 2.96. The number of carbonyl (C=O) groups excluding carboxylic acids is 1. The van der Waals surface area contributed by atoms with Crippen molar-refractivity contribution in [3.8, 4) is 0 Å². The lowest BCUT2D eigenvalue weighted by atomic mass is 10.1. The van der Waals surface area contributed by atoms with Crippen LogP contribution in [0.3, 0.4) is 0 Å². The molecule has 2 aromatic carbocycles. The Kier molecular flexibility index (Phi) is 5.97. The first-order valence-corrected chi connectivity index (χ1v) is 7.86. The zero-order chi connectivity index (χ0) is 15.8. The lowest BCUT2D eigenvalue weighted by Gasteiger charge is -2.06. The number of hydrogen-bond donors (Lipinski definition) is 1. The number of carbonyl (C=O) groups is 1. The lowest BCUT2D eigenvalue weighted by molar-refractivity contribution is -0.385. The van der Waals surface area contributed by atoms with Crippen LogP contribution in [0.2, 0.25) is 0 Å². The first-order chi connectivity index (χ1) is 10.7. The highest BCUT2D eigenvalue weighted by atomic mass is 32.2. The van der Waals surface area contributed by atoms with E-state index in [-0.39, 0.29) is 11.3 Å². The fourth-order valence-corrected chi connectivity index (χ4v) is 2.77. The molecule has 0 fully saturated rings. The summed E-state index contributed by atoms with van der Waals surface area (Å²) in [5.41, 5.74) is -0.0677. The maximum absolute atomic E-state index is 12.0. The van der Waals surface area contributed by atoms with Crippen molar-refractivity contribution in [2.24, 2.45) is 0 Å². The quantitative estimate of drug-likeness (QED) is 0.367. The van der Waals surface area contributed by atoms with Gasteiger partial charge in [0.15, 0.2) is 0 Å². The molecular formula is C16H16N2O3S. The molecule has 0 saturated carbocycles. The summed E-state index contributed by atoms with van der Waals surface area (Å²) in [6.07, 6.45) is 0.798. The number of nitro benzene ring substituents is 1. The molecule has 0 atom stereocenters. The first-order valence-electron chi connectivity index (χ1n) is 6.88. The maximum atomic E-state index is 12.0. The Labute approximate surface area is 132 Å². The predicted octanol–water partition coefficient (Wildman–Crippen LogP) is 3.51. The summed E-state index contributed by atoms with van der Waals surface area (Å²) in [5, 5.41) is 13.6. The van der Waals surface area contributed by atoms with Crippen LogP contribution in [0.15, 0.2) is 59.5 Å². The Balaban J connectivity index is 1.78. The molecule has 0 aliphatic rings. The smallest absolute Gasteiger partial charge is 0.282 e. The van der Waals surface area contributed by atoms with E-state index in [1.54, 1.807) is 23.9 Å². The van der Waals surface area contributed by atoms with E-state index in [4.69, 9.17) is 0 Å². The molecule has 0 aliphatic heterocycles. The van der Waals surface area contributed by atoms with E-state index in [1.807, 2.05) is 30.3 Å². The van der Waals surface area contributed by atoms with Crippen LogP contribution in [0.4, 0.5) is 5.69 Å². The molecule has 6 heteroatoms. The van der Waals surface area contributed by atoms with E-state index < -0.39 is 10.8 Å². The molecule has 0 spiro atoms. The van der Waals surface area contributed by atoms with E-state index >= 15 is 0 Å². The van der Waals surface area contributed by atoms with Crippen LogP contribution in [0.1, 0.15) is 16.8 Å². The molecule has 5 nitrogen and oxygen atoms in total. The number of hydrogen-bond acceptors (Lipinski definition) is 4. The van der Waals surface area contributed by atoms with E-state index in [0.717, 1.165) is 12.2 Å². The second-order valence-corrected chi connectivity index (χ2v) is 5.71. The number of thioether (sulfide) groups is 1. The van der Waals surface area contributed by atoms with Gasteiger partial charge in [0, 0.05) is 17.5 Å². The molecule has 0 saturated heterocycles. The summed E-state index contributed by atoms with van der Waals surface area (Å²) in [6.45, 7) is 0.491. The highest BCUT2D eigenvalue weighted by Crippen LogP contribution is 2.18. The van der Waals surface area contributed by atoms with Crippen LogP contribution in [0, 0.1) is 10.1 Å². The Morgan fingerprint density at radius 2 is 1.77 bits per heavy atom. The van der Waals surface area contributed by atoms with Crippen LogP contribution >= 0.6 is 11.8 Å². The summed E-state index contributed by atoms with van der Waals surface area (Å²) in [6, 6.07) is 16.0. The van der Waals surface area contributed by atoms with Gasteiger partial charge >= 0.3 is 0 Å². The molecule has 0 bridgehead atoms. The lowest BCUT2D eigenvalue weighted by Crippen LogP contribution is -2.25. The van der Waals surface area contributed by atoms with Crippen molar-refractivity contribution >= 4 is 23.4 Å². The fourth-order valence-electron chi connectivity index (χ4n) is 1.90. The maximum Gasteiger partial charge on any atom is 0.282 e. The Morgan fingerprint density at radius 3 is 2.50 bits per heavy atom. The van der Waals surface area contributed by atoms with Gasteiger partial charge in [0.25, 0.3) is 11.6 Å². The van der Waals surface area contributed by atoms with Gasteiger partial charge < -0.3 is 5.32 Å². The van der Waals surface area contributed by atoms with Gasteiger partial charge in [0.2, 0.25) is 0 Å². The molecule has 114 valence electrons. The van der Waals surface area contributed by atoms with E-state index in [9.17, 15) is 14.9 Å². The highest BCUT2D eigenvalue weighted by molar-refractivity contribution is 7.99. The molecule has 0 radical (unpaired) electrons. The molecule has 0 heterocycles. The molecular weight excluding hydrogens is 300 g/mol. The van der Waals surface area contributed by atoms with E-state index in [0.29, 0.717) is 6.54 Å². The van der Waals surface area contributed by atoms with Gasteiger partial charge in [0.05, 0.1) is 4.92 Å². The minimum Gasteiger partial charge on any atom is -0.352 e. The molecule has 2 aromatic rings. The standard InChI is InChI=1S/C16H16N2O3S/c19-16(14-9-4-5-10-15(14)18(20)21)17-11-6-12-22-13-7-2-1-3-8-13/h1-5,7-10H,6,11-12H2,(H,17,19). The van der Waals surface area contributed by atoms with Gasteiger partial charge in [-0.05, 0) is 30.4 Å². The van der Waals surface area contributed by atoms with Crippen molar-refractivity contribution in [3.05, 3.63) is 70.3 Å². The Bertz CT molecular complexity index is 647. The minimum absolute atomic E-state index is 0.100. The SMILES string of the molecule is O=C(NCCCSc1ccccc1)c1ccccc1[N+](=O)[O-]. The van der Waals surface area contributed by atoms with Crippen molar-refractivity contribution in [3.63, 3.8) is 0 Å². The molecule has 2 rings (SSSR count). The number of nitro groups is 1. The predicted molar refractivity (Wildman–Crippen MR) is 87.2 cm³/mol. The van der Waals surface area contributed by atoms with Crippen LogP contribution in [0.5, 0.6) is 0 Å². The van der Waals surface area contributed by atoms with Gasteiger partial charge in [0.1, 0.15) is 5.56 Å². The van der Waals surface area contributed by atoms with Gasteiger partial charge in [-0.2, -0.15) is 0 Å². The van der Waals surface area contributed by atoms with Crippen LogP contribution in [0.25, 0.3) is 0 Å². The second kappa shape index (κ2) is 8.19. The van der Waals surface area contributed by atoms with Gasteiger partial charge in [-0.1, -0.05) is 30.3 Å². The largest absolute Gasteiger partial charge is 0.352 e. The Hall–Kier alpha value is -2.34. The Morgan fingerprint density at radius 1 is 1.09 bits per heavy atom. The topological polar surface area (TPSA) is 72.2 Å². The summed E-state index contributed by atoms with van der Waals surface area (Å²) >= 11 is 1.72. The van der Waals surface area contributed by atoms with E-state index in [1.165, 1.54) is 17.0 Å². The number of benzene rings is 2. The molecule has 1 amide bonds. The first kappa shape index (κ1) is 16.0. The number of nitrogens with zero attached hydrogens (tertiary/aromatic N) is 1. The molecule has 0 aliphatic carbocycles. The van der Waals surface area contributed by atoms with Crippen LogP contribution in [-0.2, 0) is 0 Å². The molecule has 0 unspecified atom stereocenters. The minimum atomic E-state index is -0.541. The highest BCUT2D eigenvalue weighted by Gasteiger charge is 2.18. The van der Waals surface area contributed by atoms with Crippen LogP contribution in [-0.4, -0.2) is 23.1 Å². The average molecular weight is 316 g/mol. The van der Waals surface area contributed by atoms with E-state index in [2.05, 4.69) is 5.32 Å². The number of rotatable bonds is 7. The third-order valence-corrected chi connectivity index (χ3v) is 4.06. The number of para-hydroxylation sites is 1. The zero-order valence-electron chi connectivity index (χ0n) is 11.9. The van der Waals surface area contributed by atoms with Crippen molar-refractivity contribution in [1.82, 2.24) is 5.32 Å². The van der Waals surface area contributed by atoms with Crippen molar-refractivity contribution in [2.75, 3.05) is 12.3 Å². The second-order valence-electron chi connectivity index (χ2n) is 4.55. The van der Waals surface area contributed by atoms with Crippen molar-refractivity contribution in [1.29, 1.82) is 0 Å². The van der Waals surface area contributed by atoms with Crippen molar-refractivity contribution < 1.29 is 9.72 Å². The monoisotopic (exact) mass is 316 g/mol. The molecule has 22 heavy (non-hydrogen) atoms. The fraction of sp³-hybridized carbons (Fsp3) is 0.188. The number of amides is 1. The normalized spacial score (nSPS) is 10.2. The zero-order valence-corrected chi connectivity index (χ0v) is 12.7. The van der Waals surface area contributed by atoms with Crippen LogP contribution < -0.4 is 5.32 Å². The summed E-state index contributed by atoms with van der Waals surface area (Å²) in [7, 11) is 0. The third kappa shape index (κ3) is 4.60. The van der Waals surface area contributed by atoms with Gasteiger partial charge in [-0.25, -0.2) is 0 Å². The summed E-state index contributed by atoms with van der Waals surface area (Å²) in [4.78, 5) is 23.5. The van der Waals surface area contributed by atoms with Gasteiger partial charge in [-0.15, -0.1) is 11.8 Å².